The molecule has 1 aromatic carbocycles. The van der Waals surface area contributed by atoms with Crippen LogP contribution in [0.2, 0.25) is 0 Å². The van der Waals surface area contributed by atoms with Crippen molar-refractivity contribution in [1.82, 2.24) is 10.6 Å². The second-order valence-corrected chi connectivity index (χ2v) is 3.85. The molecule has 3 nitrogen and oxygen atoms in total. The molecule has 0 spiro atoms. The van der Waals surface area contributed by atoms with Crippen molar-refractivity contribution in [2.45, 2.75) is 12.5 Å². The van der Waals surface area contributed by atoms with Gasteiger partial charge in [-0.3, -0.25) is 4.79 Å². The molecule has 16 heavy (non-hydrogen) atoms. The Labute approximate surface area is 91.8 Å². The summed E-state index contributed by atoms with van der Waals surface area (Å²) in [4.78, 5) is 11.1. The summed E-state index contributed by atoms with van der Waals surface area (Å²) in [7, 11) is 0. The molecule has 1 fully saturated rings. The average Bonchev–Trinajstić information content (AvgIpc) is 2.24. The Morgan fingerprint density at radius 2 is 2.12 bits per heavy atom. The second-order valence-electron chi connectivity index (χ2n) is 3.85. The quantitative estimate of drug-likeness (QED) is 0.775. The van der Waals surface area contributed by atoms with Gasteiger partial charge in [-0.05, 0) is 24.1 Å². The summed E-state index contributed by atoms with van der Waals surface area (Å²) in [6.07, 6.45) is 0.496. The molecule has 1 unspecified atom stereocenters. The van der Waals surface area contributed by atoms with E-state index in [0.717, 1.165) is 12.1 Å². The van der Waals surface area contributed by atoms with Crippen LogP contribution >= 0.6 is 0 Å². The van der Waals surface area contributed by atoms with E-state index in [4.69, 9.17) is 0 Å². The van der Waals surface area contributed by atoms with Crippen LogP contribution < -0.4 is 10.6 Å². The summed E-state index contributed by atoms with van der Waals surface area (Å²) < 4.78 is 25.6. The molecular formula is C11H12F2N2O. The first-order valence-corrected chi connectivity index (χ1v) is 5.09. The fourth-order valence-electron chi connectivity index (χ4n) is 1.76. The number of amides is 1. The van der Waals surface area contributed by atoms with E-state index in [2.05, 4.69) is 10.6 Å². The first-order chi connectivity index (χ1) is 7.65. The van der Waals surface area contributed by atoms with Crippen LogP contribution in [0, 0.1) is 11.6 Å². The first-order valence-electron chi connectivity index (χ1n) is 5.09. The fraction of sp³-hybridized carbons (Fsp3) is 0.364. The van der Waals surface area contributed by atoms with Gasteiger partial charge < -0.3 is 10.6 Å². The largest absolute Gasteiger partial charge is 0.351 e. The lowest BCUT2D eigenvalue weighted by molar-refractivity contribution is -0.122. The SMILES string of the molecule is O=C1CNCC(Cc2ccc(F)c(F)c2)N1. The van der Waals surface area contributed by atoms with E-state index < -0.39 is 11.6 Å². The molecule has 1 atom stereocenters. The standard InChI is InChI=1S/C11H12F2N2O/c12-9-2-1-7(4-10(9)13)3-8-5-14-6-11(16)15-8/h1-2,4,8,14H,3,5-6H2,(H,15,16). The zero-order valence-corrected chi connectivity index (χ0v) is 8.59. The smallest absolute Gasteiger partial charge is 0.234 e. The van der Waals surface area contributed by atoms with Gasteiger partial charge >= 0.3 is 0 Å². The lowest BCUT2D eigenvalue weighted by atomic mass is 10.0. The Hall–Kier alpha value is -1.49. The predicted octanol–water partition coefficient (Wildman–Crippen LogP) is 0.595. The highest BCUT2D eigenvalue weighted by Crippen LogP contribution is 2.10. The van der Waals surface area contributed by atoms with Crippen LogP contribution in [-0.2, 0) is 11.2 Å². The van der Waals surface area contributed by atoms with Gasteiger partial charge in [0.1, 0.15) is 0 Å². The van der Waals surface area contributed by atoms with E-state index in [1.165, 1.54) is 6.07 Å². The van der Waals surface area contributed by atoms with Crippen LogP contribution in [0.5, 0.6) is 0 Å². The molecule has 1 heterocycles. The highest BCUT2D eigenvalue weighted by molar-refractivity contribution is 5.79. The van der Waals surface area contributed by atoms with E-state index in [0.29, 0.717) is 25.1 Å². The van der Waals surface area contributed by atoms with Gasteiger partial charge in [0, 0.05) is 12.6 Å². The molecule has 5 heteroatoms. The highest BCUT2D eigenvalue weighted by atomic mass is 19.2. The molecular weight excluding hydrogens is 214 g/mol. The maximum Gasteiger partial charge on any atom is 0.234 e. The Kier molecular flexibility index (Phi) is 3.14. The number of hydrogen-bond acceptors (Lipinski definition) is 2. The molecule has 2 N–H and O–H groups in total. The van der Waals surface area contributed by atoms with Gasteiger partial charge in [-0.25, -0.2) is 8.78 Å². The number of carbonyl (C=O) groups is 1. The number of halogens is 2. The molecule has 1 aromatic rings. The minimum atomic E-state index is -0.854. The second kappa shape index (κ2) is 4.57. The van der Waals surface area contributed by atoms with Crippen LogP contribution in [0.1, 0.15) is 5.56 Å². The summed E-state index contributed by atoms with van der Waals surface area (Å²) >= 11 is 0. The third-order valence-electron chi connectivity index (χ3n) is 2.51. The van der Waals surface area contributed by atoms with Crippen LogP contribution in [0.15, 0.2) is 18.2 Å². The van der Waals surface area contributed by atoms with Gasteiger partial charge in [-0.1, -0.05) is 6.07 Å². The number of nitrogens with one attached hydrogen (secondary N) is 2. The van der Waals surface area contributed by atoms with Crippen LogP contribution in [0.3, 0.4) is 0 Å². The monoisotopic (exact) mass is 226 g/mol. The fourth-order valence-corrected chi connectivity index (χ4v) is 1.76. The van der Waals surface area contributed by atoms with Gasteiger partial charge in [0.25, 0.3) is 0 Å². The first kappa shape index (κ1) is 11.0. The topological polar surface area (TPSA) is 41.1 Å². The van der Waals surface area contributed by atoms with Gasteiger partial charge in [0.15, 0.2) is 11.6 Å². The lowest BCUT2D eigenvalue weighted by Gasteiger charge is -2.24. The normalized spacial score (nSPS) is 20.6. The molecule has 0 saturated carbocycles. The van der Waals surface area contributed by atoms with Gasteiger partial charge in [0.05, 0.1) is 6.54 Å². The molecule has 1 amide bonds. The minimum Gasteiger partial charge on any atom is -0.351 e. The highest BCUT2D eigenvalue weighted by Gasteiger charge is 2.18. The Morgan fingerprint density at radius 1 is 1.31 bits per heavy atom. The maximum absolute atomic E-state index is 12.9. The summed E-state index contributed by atoms with van der Waals surface area (Å²) in [6.45, 7) is 0.957. The van der Waals surface area contributed by atoms with Crippen molar-refractivity contribution < 1.29 is 13.6 Å². The van der Waals surface area contributed by atoms with Crippen molar-refractivity contribution in [3.8, 4) is 0 Å². The third-order valence-corrected chi connectivity index (χ3v) is 2.51. The zero-order chi connectivity index (χ0) is 11.5. The maximum atomic E-state index is 12.9. The van der Waals surface area contributed by atoms with Crippen molar-refractivity contribution in [3.05, 3.63) is 35.4 Å². The Morgan fingerprint density at radius 3 is 2.81 bits per heavy atom. The van der Waals surface area contributed by atoms with Crippen molar-refractivity contribution >= 4 is 5.91 Å². The van der Waals surface area contributed by atoms with Crippen molar-refractivity contribution in [3.63, 3.8) is 0 Å². The van der Waals surface area contributed by atoms with Gasteiger partial charge in [-0.15, -0.1) is 0 Å². The molecule has 0 radical (unpaired) electrons. The van der Waals surface area contributed by atoms with Gasteiger partial charge in [-0.2, -0.15) is 0 Å². The summed E-state index contributed by atoms with van der Waals surface area (Å²) in [5.74, 6) is -1.78. The van der Waals surface area contributed by atoms with Crippen LogP contribution in [-0.4, -0.2) is 25.0 Å². The molecule has 86 valence electrons. The summed E-state index contributed by atoms with van der Waals surface area (Å²) in [5.41, 5.74) is 0.674. The van der Waals surface area contributed by atoms with Crippen molar-refractivity contribution in [1.29, 1.82) is 0 Å². The van der Waals surface area contributed by atoms with E-state index in [1.54, 1.807) is 0 Å². The van der Waals surface area contributed by atoms with Crippen molar-refractivity contribution in [2.75, 3.05) is 13.1 Å². The molecule has 2 rings (SSSR count). The zero-order valence-electron chi connectivity index (χ0n) is 8.59. The molecule has 0 aromatic heterocycles. The summed E-state index contributed by atoms with van der Waals surface area (Å²) in [5, 5.41) is 5.73. The lowest BCUT2D eigenvalue weighted by Crippen LogP contribution is -2.52. The Balaban J connectivity index is 2.03. The molecule has 1 aliphatic rings. The van der Waals surface area contributed by atoms with E-state index in [-0.39, 0.29) is 11.9 Å². The number of piperazine rings is 1. The van der Waals surface area contributed by atoms with E-state index >= 15 is 0 Å². The molecule has 1 aliphatic heterocycles. The number of benzene rings is 1. The number of hydrogen-bond donors (Lipinski definition) is 2. The van der Waals surface area contributed by atoms with Crippen LogP contribution in [0.4, 0.5) is 8.78 Å². The summed E-state index contributed by atoms with van der Waals surface area (Å²) in [6, 6.07) is 3.73. The van der Waals surface area contributed by atoms with E-state index in [9.17, 15) is 13.6 Å². The number of rotatable bonds is 2. The molecule has 0 aliphatic carbocycles. The minimum absolute atomic E-state index is 0.0638. The average molecular weight is 226 g/mol. The van der Waals surface area contributed by atoms with Crippen molar-refractivity contribution in [2.24, 2.45) is 0 Å². The third kappa shape index (κ3) is 2.55. The van der Waals surface area contributed by atoms with E-state index in [1.807, 2.05) is 0 Å². The van der Waals surface area contributed by atoms with Gasteiger partial charge in [0.2, 0.25) is 5.91 Å². The predicted molar refractivity (Wildman–Crippen MR) is 54.9 cm³/mol. The molecule has 0 bridgehead atoms. The van der Waals surface area contributed by atoms with Crippen LogP contribution in [0.25, 0.3) is 0 Å². The Bertz CT molecular complexity index is 409. The molecule has 1 saturated heterocycles. The number of carbonyl (C=O) groups excluding carboxylic acids is 1.